The number of fused-ring (bicyclic) bond motifs is 1. The van der Waals surface area contributed by atoms with Gasteiger partial charge in [0, 0.05) is 0 Å². The third kappa shape index (κ3) is 1.66. The van der Waals surface area contributed by atoms with Gasteiger partial charge in [-0.3, -0.25) is 4.79 Å². The van der Waals surface area contributed by atoms with Gasteiger partial charge in [0.1, 0.15) is 0 Å². The molecule has 78 valence electrons. The number of ether oxygens (including phenoxy) is 1. The summed E-state index contributed by atoms with van der Waals surface area (Å²) in [6, 6.07) is 3.37. The van der Waals surface area contributed by atoms with Crippen LogP contribution in [0.5, 0.6) is 0 Å². The first-order valence-corrected chi connectivity index (χ1v) is 5.15. The van der Waals surface area contributed by atoms with E-state index < -0.39 is 0 Å². The molecule has 1 aromatic heterocycles. The summed E-state index contributed by atoms with van der Waals surface area (Å²) in [5, 5.41) is 0. The number of benzene rings is 1. The Bertz CT molecular complexity index is 582. The van der Waals surface area contributed by atoms with Crippen LogP contribution in [0.25, 0.3) is 10.2 Å². The van der Waals surface area contributed by atoms with Crippen molar-refractivity contribution in [1.82, 2.24) is 4.98 Å². The number of thiazole rings is 1. The lowest BCUT2D eigenvalue weighted by molar-refractivity contribution is 0.0601. The van der Waals surface area contributed by atoms with Gasteiger partial charge in [0.2, 0.25) is 0 Å². The van der Waals surface area contributed by atoms with E-state index in [-0.39, 0.29) is 10.8 Å². The number of aromatic nitrogens is 1. The smallest absolute Gasteiger partial charge is 0.337 e. The average molecular weight is 223 g/mol. The maximum Gasteiger partial charge on any atom is 0.337 e. The average Bonchev–Trinajstić information content (AvgIpc) is 2.58. The van der Waals surface area contributed by atoms with Crippen LogP contribution in [-0.2, 0) is 4.74 Å². The highest BCUT2D eigenvalue weighted by Gasteiger charge is 2.10. The summed E-state index contributed by atoms with van der Waals surface area (Å²) in [5.41, 5.74) is 2.13. The third-order valence-corrected chi connectivity index (χ3v) is 2.98. The maximum absolute atomic E-state index is 11.3. The fraction of sp³-hybridized carbons (Fsp3) is 0.200. The molecule has 1 heterocycles. The number of nitrogens with one attached hydrogen (secondary N) is 1. The van der Waals surface area contributed by atoms with Gasteiger partial charge in [0.25, 0.3) is 0 Å². The lowest BCUT2D eigenvalue weighted by Gasteiger charge is -2.01. The van der Waals surface area contributed by atoms with Crippen LogP contribution in [0.3, 0.4) is 0 Å². The topological polar surface area (TPSA) is 59.2 Å². The van der Waals surface area contributed by atoms with Crippen molar-refractivity contribution in [2.45, 2.75) is 6.92 Å². The molecule has 5 heteroatoms. The van der Waals surface area contributed by atoms with Crippen molar-refractivity contribution < 1.29 is 9.53 Å². The Labute approximate surface area is 89.5 Å². The quantitative estimate of drug-likeness (QED) is 0.748. The molecule has 0 spiro atoms. The summed E-state index contributed by atoms with van der Waals surface area (Å²) in [4.78, 5) is 25.1. The summed E-state index contributed by atoms with van der Waals surface area (Å²) in [6.45, 7) is 1.84. The highest BCUT2D eigenvalue weighted by Crippen LogP contribution is 2.21. The summed E-state index contributed by atoms with van der Waals surface area (Å²) >= 11 is 1.09. The zero-order valence-corrected chi connectivity index (χ0v) is 9.10. The van der Waals surface area contributed by atoms with Gasteiger partial charge in [-0.15, -0.1) is 0 Å². The van der Waals surface area contributed by atoms with Gasteiger partial charge >= 0.3 is 10.8 Å². The third-order valence-electron chi connectivity index (χ3n) is 2.15. The second kappa shape index (κ2) is 3.51. The van der Waals surface area contributed by atoms with Crippen molar-refractivity contribution in [3.8, 4) is 0 Å². The fourth-order valence-corrected chi connectivity index (χ4v) is 2.31. The Morgan fingerprint density at radius 1 is 1.47 bits per heavy atom. The highest BCUT2D eigenvalue weighted by molar-refractivity contribution is 7.16. The van der Waals surface area contributed by atoms with Gasteiger partial charge in [-0.1, -0.05) is 11.3 Å². The first kappa shape index (κ1) is 9.92. The first-order valence-electron chi connectivity index (χ1n) is 4.33. The molecule has 1 N–H and O–H groups in total. The monoisotopic (exact) mass is 223 g/mol. The molecule has 0 aliphatic heterocycles. The van der Waals surface area contributed by atoms with E-state index in [1.54, 1.807) is 12.1 Å². The van der Waals surface area contributed by atoms with Gasteiger partial charge in [-0.25, -0.2) is 4.79 Å². The van der Waals surface area contributed by atoms with Crippen molar-refractivity contribution in [2.24, 2.45) is 0 Å². The van der Waals surface area contributed by atoms with Gasteiger partial charge < -0.3 is 9.72 Å². The lowest BCUT2D eigenvalue weighted by atomic mass is 10.1. The minimum absolute atomic E-state index is 0.116. The standard InChI is InChI=1S/C10H9NO3S/c1-5-3-6(9(12)14-2)4-7-8(5)11-10(13)15-7/h3-4H,1-2H3,(H,11,13). The predicted octanol–water partition coefficient (Wildman–Crippen LogP) is 1.68. The van der Waals surface area contributed by atoms with Crippen LogP contribution in [0.4, 0.5) is 0 Å². The summed E-state index contributed by atoms with van der Waals surface area (Å²) in [5.74, 6) is -0.388. The van der Waals surface area contributed by atoms with Gasteiger partial charge in [0.05, 0.1) is 22.9 Å². The number of rotatable bonds is 1. The predicted molar refractivity (Wildman–Crippen MR) is 58.5 cm³/mol. The molecule has 15 heavy (non-hydrogen) atoms. The first-order chi connectivity index (χ1) is 7.11. The van der Waals surface area contributed by atoms with Crippen LogP contribution in [-0.4, -0.2) is 18.1 Å². The maximum atomic E-state index is 11.3. The van der Waals surface area contributed by atoms with Crippen molar-refractivity contribution in [3.05, 3.63) is 32.9 Å². The zero-order valence-electron chi connectivity index (χ0n) is 8.29. The summed E-state index contributed by atoms with van der Waals surface area (Å²) < 4.78 is 5.40. The normalized spacial score (nSPS) is 10.5. The van der Waals surface area contributed by atoms with E-state index in [2.05, 4.69) is 9.72 Å². The molecule has 0 saturated carbocycles. The Hall–Kier alpha value is -1.62. The molecular weight excluding hydrogens is 214 g/mol. The van der Waals surface area contributed by atoms with Crippen molar-refractivity contribution >= 4 is 27.5 Å². The number of carbonyl (C=O) groups is 1. The van der Waals surface area contributed by atoms with Crippen LogP contribution in [0, 0.1) is 6.92 Å². The molecule has 2 aromatic rings. The molecule has 0 fully saturated rings. The fourth-order valence-electron chi connectivity index (χ4n) is 1.46. The number of aryl methyl sites for hydroxylation is 1. The zero-order chi connectivity index (χ0) is 11.0. The Morgan fingerprint density at radius 3 is 2.87 bits per heavy atom. The van der Waals surface area contributed by atoms with E-state index in [1.165, 1.54) is 7.11 Å². The van der Waals surface area contributed by atoms with Crippen LogP contribution in [0.15, 0.2) is 16.9 Å². The molecule has 2 rings (SSSR count). The van der Waals surface area contributed by atoms with Crippen LogP contribution < -0.4 is 4.87 Å². The number of esters is 1. The molecule has 1 aromatic carbocycles. The van der Waals surface area contributed by atoms with Crippen molar-refractivity contribution in [2.75, 3.05) is 7.11 Å². The molecule has 0 radical (unpaired) electrons. The molecular formula is C10H9NO3S. The van der Waals surface area contributed by atoms with E-state index in [0.29, 0.717) is 5.56 Å². The van der Waals surface area contributed by atoms with Crippen LogP contribution in [0.2, 0.25) is 0 Å². The number of H-pyrrole nitrogens is 1. The molecule has 0 amide bonds. The van der Waals surface area contributed by atoms with Crippen LogP contribution >= 0.6 is 11.3 Å². The van der Waals surface area contributed by atoms with Gasteiger partial charge in [-0.05, 0) is 24.6 Å². The lowest BCUT2D eigenvalue weighted by Crippen LogP contribution is -2.01. The number of aromatic amines is 1. The van der Waals surface area contributed by atoms with E-state index in [4.69, 9.17) is 0 Å². The van der Waals surface area contributed by atoms with E-state index in [1.807, 2.05) is 6.92 Å². The summed E-state index contributed by atoms with van der Waals surface area (Å²) in [6.07, 6.45) is 0. The second-order valence-electron chi connectivity index (χ2n) is 3.17. The molecule has 0 aliphatic rings. The molecule has 0 bridgehead atoms. The van der Waals surface area contributed by atoms with E-state index in [0.717, 1.165) is 27.1 Å². The largest absolute Gasteiger partial charge is 0.465 e. The molecule has 0 saturated heterocycles. The van der Waals surface area contributed by atoms with Crippen LogP contribution in [0.1, 0.15) is 15.9 Å². The molecule has 0 unspecified atom stereocenters. The van der Waals surface area contributed by atoms with E-state index in [9.17, 15) is 9.59 Å². The van der Waals surface area contributed by atoms with Crippen molar-refractivity contribution in [3.63, 3.8) is 0 Å². The van der Waals surface area contributed by atoms with Gasteiger partial charge in [-0.2, -0.15) is 0 Å². The molecule has 0 aliphatic carbocycles. The molecule has 0 atom stereocenters. The number of hydrogen-bond donors (Lipinski definition) is 1. The minimum atomic E-state index is -0.388. The number of carbonyl (C=O) groups excluding carboxylic acids is 1. The Kier molecular flexibility index (Phi) is 2.32. The Morgan fingerprint density at radius 2 is 2.20 bits per heavy atom. The highest BCUT2D eigenvalue weighted by atomic mass is 32.1. The van der Waals surface area contributed by atoms with E-state index >= 15 is 0 Å². The van der Waals surface area contributed by atoms with Crippen molar-refractivity contribution in [1.29, 1.82) is 0 Å². The second-order valence-corrected chi connectivity index (χ2v) is 4.19. The SMILES string of the molecule is COC(=O)c1cc(C)c2[nH]c(=O)sc2c1. The summed E-state index contributed by atoms with van der Waals surface area (Å²) in [7, 11) is 1.33. The van der Waals surface area contributed by atoms with Gasteiger partial charge in [0.15, 0.2) is 0 Å². The minimum Gasteiger partial charge on any atom is -0.465 e. The Balaban J connectivity index is 2.71. The number of hydrogen-bond acceptors (Lipinski definition) is 4. The number of methoxy groups -OCH3 is 1. The molecule has 4 nitrogen and oxygen atoms in total.